The molecule has 2 rings (SSSR count). The van der Waals surface area contributed by atoms with Crippen LogP contribution in [0.2, 0.25) is 5.02 Å². The highest BCUT2D eigenvalue weighted by molar-refractivity contribution is 6.30. The van der Waals surface area contributed by atoms with Crippen LogP contribution in [0.25, 0.3) is 0 Å². The third-order valence-electron chi connectivity index (χ3n) is 3.66. The molecule has 1 saturated carbocycles. The molecule has 0 heterocycles. The van der Waals surface area contributed by atoms with Crippen LogP contribution in [-0.4, -0.2) is 38.8 Å². The van der Waals surface area contributed by atoms with Gasteiger partial charge in [-0.15, -0.1) is 0 Å². The van der Waals surface area contributed by atoms with Gasteiger partial charge in [0, 0.05) is 24.7 Å². The van der Waals surface area contributed by atoms with Crippen LogP contribution in [-0.2, 0) is 9.53 Å². The van der Waals surface area contributed by atoms with Crippen molar-refractivity contribution in [1.29, 1.82) is 0 Å². The molecule has 1 aliphatic carbocycles. The van der Waals surface area contributed by atoms with E-state index < -0.39 is 0 Å². The van der Waals surface area contributed by atoms with Crippen LogP contribution < -0.4 is 10.6 Å². The number of nitrogens with one attached hydrogen (secondary N) is 2. The summed E-state index contributed by atoms with van der Waals surface area (Å²) in [6.07, 6.45) is 2.15. The van der Waals surface area contributed by atoms with Crippen LogP contribution in [0.15, 0.2) is 24.3 Å². The van der Waals surface area contributed by atoms with Crippen molar-refractivity contribution in [3.8, 4) is 0 Å². The van der Waals surface area contributed by atoms with E-state index in [-0.39, 0.29) is 5.91 Å². The van der Waals surface area contributed by atoms with Gasteiger partial charge in [0.15, 0.2) is 0 Å². The van der Waals surface area contributed by atoms with Crippen LogP contribution in [0, 0.1) is 0 Å². The maximum absolute atomic E-state index is 11.5. The Morgan fingerprint density at radius 1 is 1.35 bits per heavy atom. The second-order valence-electron chi connectivity index (χ2n) is 5.14. The van der Waals surface area contributed by atoms with Crippen LogP contribution >= 0.6 is 11.6 Å². The zero-order chi connectivity index (χ0) is 14.4. The van der Waals surface area contributed by atoms with Crippen molar-refractivity contribution in [3.05, 3.63) is 34.9 Å². The van der Waals surface area contributed by atoms with E-state index in [9.17, 15) is 4.79 Å². The molecule has 0 unspecified atom stereocenters. The van der Waals surface area contributed by atoms with Gasteiger partial charge in [-0.2, -0.15) is 0 Å². The lowest BCUT2D eigenvalue weighted by Crippen LogP contribution is -2.45. The van der Waals surface area contributed by atoms with E-state index in [1.807, 2.05) is 12.1 Å². The number of carbonyl (C=O) groups is 1. The van der Waals surface area contributed by atoms with Crippen LogP contribution in [0.5, 0.6) is 0 Å². The molecule has 0 saturated heterocycles. The molecule has 1 aromatic carbocycles. The molecule has 0 spiro atoms. The third-order valence-corrected chi connectivity index (χ3v) is 3.91. The van der Waals surface area contributed by atoms with Crippen LogP contribution in [0.3, 0.4) is 0 Å². The number of halogens is 1. The van der Waals surface area contributed by atoms with Gasteiger partial charge in [-0.1, -0.05) is 23.7 Å². The van der Waals surface area contributed by atoms with E-state index in [1.54, 1.807) is 7.11 Å². The first-order valence-corrected chi connectivity index (χ1v) is 7.31. The van der Waals surface area contributed by atoms with E-state index in [0.29, 0.717) is 31.7 Å². The van der Waals surface area contributed by atoms with E-state index in [0.717, 1.165) is 17.9 Å². The number of hydrogen-bond donors (Lipinski definition) is 2. The molecule has 0 aromatic heterocycles. The Morgan fingerprint density at radius 3 is 2.70 bits per heavy atom. The fourth-order valence-corrected chi connectivity index (χ4v) is 2.51. The second kappa shape index (κ2) is 7.62. The largest absolute Gasteiger partial charge is 0.383 e. The average molecular weight is 297 g/mol. The number of methoxy groups -OCH3 is 1. The highest BCUT2D eigenvalue weighted by Crippen LogP contribution is 2.37. The van der Waals surface area contributed by atoms with Crippen molar-refractivity contribution in [2.45, 2.75) is 24.8 Å². The number of amides is 1. The molecule has 0 radical (unpaired) electrons. The first-order chi connectivity index (χ1) is 9.69. The van der Waals surface area contributed by atoms with Gasteiger partial charge in [0.25, 0.3) is 0 Å². The number of hydrogen-bond acceptors (Lipinski definition) is 3. The lowest BCUT2D eigenvalue weighted by Gasteiger charge is -2.36. The van der Waals surface area contributed by atoms with Crippen molar-refractivity contribution in [3.63, 3.8) is 0 Å². The summed E-state index contributed by atoms with van der Waals surface area (Å²) in [6.45, 7) is 1.49. The van der Waals surface area contributed by atoms with Crippen molar-refractivity contribution >= 4 is 17.5 Å². The summed E-state index contributed by atoms with van der Waals surface area (Å²) in [5.74, 6) is 0.610. The molecule has 20 heavy (non-hydrogen) atoms. The van der Waals surface area contributed by atoms with Gasteiger partial charge in [0.1, 0.15) is 0 Å². The topological polar surface area (TPSA) is 50.4 Å². The zero-order valence-corrected chi connectivity index (χ0v) is 12.5. The number of benzene rings is 1. The average Bonchev–Trinajstić information content (AvgIpc) is 2.39. The van der Waals surface area contributed by atoms with Crippen LogP contribution in [0.4, 0.5) is 0 Å². The molecule has 0 atom stereocenters. The Bertz CT molecular complexity index is 430. The van der Waals surface area contributed by atoms with E-state index >= 15 is 0 Å². The summed E-state index contributed by atoms with van der Waals surface area (Å²) < 4.78 is 4.88. The van der Waals surface area contributed by atoms with E-state index in [4.69, 9.17) is 16.3 Å². The molecule has 1 aliphatic rings. The third kappa shape index (κ3) is 4.47. The fraction of sp³-hybridized carbons (Fsp3) is 0.533. The van der Waals surface area contributed by atoms with Gasteiger partial charge in [-0.05, 0) is 36.5 Å². The summed E-state index contributed by atoms with van der Waals surface area (Å²) in [5, 5.41) is 6.85. The quantitative estimate of drug-likeness (QED) is 0.756. The van der Waals surface area contributed by atoms with Crippen molar-refractivity contribution < 1.29 is 9.53 Å². The van der Waals surface area contributed by atoms with Gasteiger partial charge in [0.05, 0.1) is 13.2 Å². The fourth-order valence-electron chi connectivity index (χ4n) is 2.38. The predicted molar refractivity (Wildman–Crippen MR) is 80.1 cm³/mol. The zero-order valence-electron chi connectivity index (χ0n) is 11.7. The number of rotatable bonds is 7. The smallest absolute Gasteiger partial charge is 0.234 e. The standard InChI is InChI=1S/C15H21ClN2O2/c1-20-7-6-17-15(19)10-18-14-8-12(9-14)11-2-4-13(16)5-3-11/h2-5,12,14,18H,6-10H2,1H3,(H,17,19). The Labute approximate surface area is 124 Å². The van der Waals surface area contributed by atoms with Gasteiger partial charge in [0.2, 0.25) is 5.91 Å². The van der Waals surface area contributed by atoms with Crippen molar-refractivity contribution in [2.24, 2.45) is 0 Å². The summed E-state index contributed by atoms with van der Waals surface area (Å²) in [5.41, 5.74) is 1.33. The molecule has 1 aromatic rings. The van der Waals surface area contributed by atoms with Crippen molar-refractivity contribution in [2.75, 3.05) is 26.8 Å². The Morgan fingerprint density at radius 2 is 2.05 bits per heavy atom. The second-order valence-corrected chi connectivity index (χ2v) is 5.58. The van der Waals surface area contributed by atoms with E-state index in [2.05, 4.69) is 22.8 Å². The minimum absolute atomic E-state index is 0.0250. The maximum Gasteiger partial charge on any atom is 0.234 e. The molecule has 110 valence electrons. The van der Waals surface area contributed by atoms with Crippen LogP contribution in [0.1, 0.15) is 24.3 Å². The first-order valence-electron chi connectivity index (χ1n) is 6.93. The lowest BCUT2D eigenvalue weighted by atomic mass is 9.76. The molecule has 1 fully saturated rings. The SMILES string of the molecule is COCCNC(=O)CNC1CC(c2ccc(Cl)cc2)C1. The predicted octanol–water partition coefficient (Wildman–Crippen LogP) is 1.94. The number of carbonyl (C=O) groups excluding carboxylic acids is 1. The highest BCUT2D eigenvalue weighted by atomic mass is 35.5. The van der Waals surface area contributed by atoms with Gasteiger partial charge in [-0.3, -0.25) is 4.79 Å². The summed E-state index contributed by atoms with van der Waals surface area (Å²) in [7, 11) is 1.62. The van der Waals surface area contributed by atoms with Gasteiger partial charge >= 0.3 is 0 Å². The molecular formula is C15H21ClN2O2. The van der Waals surface area contributed by atoms with E-state index in [1.165, 1.54) is 5.56 Å². The molecular weight excluding hydrogens is 276 g/mol. The summed E-state index contributed by atoms with van der Waals surface area (Å²) in [6, 6.07) is 8.47. The minimum Gasteiger partial charge on any atom is -0.383 e. The Balaban J connectivity index is 1.62. The van der Waals surface area contributed by atoms with Gasteiger partial charge < -0.3 is 15.4 Å². The number of ether oxygens (including phenoxy) is 1. The minimum atomic E-state index is 0.0250. The monoisotopic (exact) mass is 296 g/mol. The first kappa shape index (κ1) is 15.3. The Hall–Kier alpha value is -1.10. The summed E-state index contributed by atoms with van der Waals surface area (Å²) in [4.78, 5) is 11.5. The Kier molecular flexibility index (Phi) is 5.83. The molecule has 2 N–H and O–H groups in total. The molecule has 1 amide bonds. The molecule has 0 aliphatic heterocycles. The highest BCUT2D eigenvalue weighted by Gasteiger charge is 2.30. The normalized spacial score (nSPS) is 21.3. The maximum atomic E-state index is 11.5. The molecule has 5 heteroatoms. The summed E-state index contributed by atoms with van der Waals surface area (Å²) >= 11 is 5.88. The molecule has 4 nitrogen and oxygen atoms in total. The lowest BCUT2D eigenvalue weighted by molar-refractivity contribution is -0.120. The van der Waals surface area contributed by atoms with Crippen molar-refractivity contribution in [1.82, 2.24) is 10.6 Å². The molecule has 0 bridgehead atoms. The van der Waals surface area contributed by atoms with Gasteiger partial charge in [-0.25, -0.2) is 0 Å².